The molecule has 0 aliphatic rings. The molecule has 2 heteroatoms. The highest BCUT2D eigenvalue weighted by atomic mass is 16.3. The Morgan fingerprint density at radius 3 is 2.38 bits per heavy atom. The van der Waals surface area contributed by atoms with Crippen LogP contribution in [0.25, 0.3) is 0 Å². The molecule has 2 N–H and O–H groups in total. The molecule has 0 spiro atoms. The van der Waals surface area contributed by atoms with E-state index in [0.29, 0.717) is 6.54 Å². The van der Waals surface area contributed by atoms with Gasteiger partial charge in [-0.25, -0.2) is 0 Å². The summed E-state index contributed by atoms with van der Waals surface area (Å²) in [6.07, 6.45) is 0.579. The maximum Gasteiger partial charge on any atom is 0.0669 e. The first-order chi connectivity index (χ1) is 5.81. The van der Waals surface area contributed by atoms with Crippen molar-refractivity contribution in [1.29, 1.82) is 0 Å². The van der Waals surface area contributed by atoms with Crippen molar-refractivity contribution >= 4 is 0 Å². The average Bonchev–Trinajstić information content (AvgIpc) is 1.81. The zero-order chi connectivity index (χ0) is 10.5. The molecule has 0 aromatic rings. The highest BCUT2D eigenvalue weighted by Crippen LogP contribution is 2.20. The minimum absolute atomic E-state index is 0.199. The number of hydrogen-bond donors (Lipinski definition) is 2. The van der Waals surface area contributed by atoms with E-state index in [0.717, 1.165) is 18.5 Å². The standard InChI is InChI=1S/C11H23NO/c1-9(2)7-12-8-10(13)6-11(3,4)5/h10,12-13H,1,6-8H2,2-5H3. The van der Waals surface area contributed by atoms with Gasteiger partial charge < -0.3 is 10.4 Å². The van der Waals surface area contributed by atoms with Gasteiger partial charge in [-0.15, -0.1) is 0 Å². The lowest BCUT2D eigenvalue weighted by molar-refractivity contribution is 0.120. The fraction of sp³-hybridized carbons (Fsp3) is 0.818. The molecule has 0 saturated heterocycles. The Hall–Kier alpha value is -0.340. The van der Waals surface area contributed by atoms with E-state index in [1.54, 1.807) is 0 Å². The second-order valence-corrected chi connectivity index (χ2v) is 5.01. The molecule has 0 aliphatic carbocycles. The van der Waals surface area contributed by atoms with Gasteiger partial charge in [0.2, 0.25) is 0 Å². The van der Waals surface area contributed by atoms with E-state index >= 15 is 0 Å². The van der Waals surface area contributed by atoms with Gasteiger partial charge in [-0.2, -0.15) is 0 Å². The Morgan fingerprint density at radius 2 is 2.00 bits per heavy atom. The zero-order valence-corrected chi connectivity index (χ0v) is 9.35. The molecule has 0 aromatic heterocycles. The van der Waals surface area contributed by atoms with Gasteiger partial charge in [0.15, 0.2) is 0 Å². The van der Waals surface area contributed by atoms with Crippen LogP contribution in [0, 0.1) is 5.41 Å². The molecule has 2 nitrogen and oxygen atoms in total. The molecule has 0 fully saturated rings. The number of nitrogens with one attached hydrogen (secondary N) is 1. The molecule has 13 heavy (non-hydrogen) atoms. The first-order valence-corrected chi connectivity index (χ1v) is 4.84. The molecule has 0 saturated carbocycles. The Morgan fingerprint density at radius 1 is 1.46 bits per heavy atom. The van der Waals surface area contributed by atoms with Gasteiger partial charge in [-0.1, -0.05) is 32.9 Å². The summed E-state index contributed by atoms with van der Waals surface area (Å²) >= 11 is 0. The lowest BCUT2D eigenvalue weighted by Gasteiger charge is -2.22. The van der Waals surface area contributed by atoms with E-state index in [9.17, 15) is 5.11 Å². The minimum Gasteiger partial charge on any atom is -0.392 e. The van der Waals surface area contributed by atoms with Crippen LogP contribution in [-0.4, -0.2) is 24.3 Å². The minimum atomic E-state index is -0.251. The maximum absolute atomic E-state index is 9.61. The molecule has 1 atom stereocenters. The Labute approximate surface area is 82.0 Å². The molecule has 78 valence electrons. The summed E-state index contributed by atoms with van der Waals surface area (Å²) in [5.74, 6) is 0. The van der Waals surface area contributed by atoms with E-state index in [1.807, 2.05) is 6.92 Å². The van der Waals surface area contributed by atoms with Crippen molar-refractivity contribution in [3.8, 4) is 0 Å². The van der Waals surface area contributed by atoms with Crippen LogP contribution >= 0.6 is 0 Å². The number of aliphatic hydroxyl groups excluding tert-OH is 1. The van der Waals surface area contributed by atoms with E-state index in [-0.39, 0.29) is 11.5 Å². The van der Waals surface area contributed by atoms with Crippen LogP contribution in [0.4, 0.5) is 0 Å². The predicted molar refractivity (Wildman–Crippen MR) is 57.8 cm³/mol. The molecule has 0 heterocycles. The molecule has 1 unspecified atom stereocenters. The third kappa shape index (κ3) is 9.57. The van der Waals surface area contributed by atoms with Gasteiger partial charge in [0.25, 0.3) is 0 Å². The van der Waals surface area contributed by atoms with E-state index < -0.39 is 0 Å². The van der Waals surface area contributed by atoms with Gasteiger partial charge in [0.05, 0.1) is 6.10 Å². The third-order valence-electron chi connectivity index (χ3n) is 1.65. The second kappa shape index (κ2) is 5.40. The van der Waals surface area contributed by atoms with Gasteiger partial charge >= 0.3 is 0 Å². The summed E-state index contributed by atoms with van der Waals surface area (Å²) in [4.78, 5) is 0. The second-order valence-electron chi connectivity index (χ2n) is 5.01. The molecule has 0 amide bonds. The van der Waals surface area contributed by atoms with E-state index in [2.05, 4.69) is 32.7 Å². The number of hydrogen-bond acceptors (Lipinski definition) is 2. The van der Waals surface area contributed by atoms with Gasteiger partial charge in [-0.05, 0) is 18.8 Å². The first kappa shape index (κ1) is 12.7. The Balaban J connectivity index is 3.52. The topological polar surface area (TPSA) is 32.3 Å². The lowest BCUT2D eigenvalue weighted by Crippen LogP contribution is -2.30. The van der Waals surface area contributed by atoms with Crippen LogP contribution in [0.3, 0.4) is 0 Å². The van der Waals surface area contributed by atoms with Crippen molar-refractivity contribution in [3.05, 3.63) is 12.2 Å². The van der Waals surface area contributed by atoms with Gasteiger partial charge in [-0.3, -0.25) is 0 Å². The maximum atomic E-state index is 9.61. The van der Waals surface area contributed by atoms with Crippen LogP contribution in [0.5, 0.6) is 0 Å². The van der Waals surface area contributed by atoms with Crippen LogP contribution < -0.4 is 5.32 Å². The number of aliphatic hydroxyl groups is 1. The fourth-order valence-electron chi connectivity index (χ4n) is 1.23. The lowest BCUT2D eigenvalue weighted by atomic mass is 9.89. The molecule has 0 bridgehead atoms. The smallest absolute Gasteiger partial charge is 0.0669 e. The van der Waals surface area contributed by atoms with Crippen molar-refractivity contribution in [2.45, 2.75) is 40.2 Å². The monoisotopic (exact) mass is 185 g/mol. The van der Waals surface area contributed by atoms with E-state index in [1.165, 1.54) is 0 Å². The van der Waals surface area contributed by atoms with Crippen LogP contribution in [0.15, 0.2) is 12.2 Å². The van der Waals surface area contributed by atoms with Gasteiger partial charge in [0.1, 0.15) is 0 Å². The van der Waals surface area contributed by atoms with Crippen LogP contribution in [0.2, 0.25) is 0 Å². The predicted octanol–water partition coefficient (Wildman–Crippen LogP) is 1.95. The molecular formula is C11H23NO. The highest BCUT2D eigenvalue weighted by Gasteiger charge is 2.15. The Kier molecular flexibility index (Phi) is 5.26. The quantitative estimate of drug-likeness (QED) is 0.642. The molecule has 0 rings (SSSR count). The summed E-state index contributed by atoms with van der Waals surface area (Å²) in [6.45, 7) is 13.6. The SMILES string of the molecule is C=C(C)CNCC(O)CC(C)(C)C. The van der Waals surface area contributed by atoms with Crippen molar-refractivity contribution in [2.75, 3.05) is 13.1 Å². The zero-order valence-electron chi connectivity index (χ0n) is 9.35. The average molecular weight is 185 g/mol. The van der Waals surface area contributed by atoms with Crippen molar-refractivity contribution in [1.82, 2.24) is 5.32 Å². The first-order valence-electron chi connectivity index (χ1n) is 4.84. The summed E-state index contributed by atoms with van der Waals surface area (Å²) in [6, 6.07) is 0. The van der Waals surface area contributed by atoms with Crippen LogP contribution in [-0.2, 0) is 0 Å². The molecular weight excluding hydrogens is 162 g/mol. The van der Waals surface area contributed by atoms with E-state index in [4.69, 9.17) is 0 Å². The highest BCUT2D eigenvalue weighted by molar-refractivity contribution is 4.90. The summed E-state index contributed by atoms with van der Waals surface area (Å²) in [5, 5.41) is 12.8. The van der Waals surface area contributed by atoms with Crippen molar-refractivity contribution in [2.24, 2.45) is 5.41 Å². The molecule has 0 aliphatic heterocycles. The molecule has 0 aromatic carbocycles. The van der Waals surface area contributed by atoms with Crippen molar-refractivity contribution in [3.63, 3.8) is 0 Å². The third-order valence-corrected chi connectivity index (χ3v) is 1.65. The summed E-state index contributed by atoms with van der Waals surface area (Å²) < 4.78 is 0. The van der Waals surface area contributed by atoms with Gasteiger partial charge in [0, 0.05) is 13.1 Å². The van der Waals surface area contributed by atoms with Crippen LogP contribution in [0.1, 0.15) is 34.1 Å². The number of rotatable bonds is 5. The summed E-state index contributed by atoms with van der Waals surface area (Å²) in [7, 11) is 0. The fourth-order valence-corrected chi connectivity index (χ4v) is 1.23. The largest absolute Gasteiger partial charge is 0.392 e. The van der Waals surface area contributed by atoms with Crippen molar-refractivity contribution < 1.29 is 5.11 Å². The molecule has 0 radical (unpaired) electrons. The Bertz CT molecular complexity index is 158. The summed E-state index contributed by atoms with van der Waals surface area (Å²) in [5.41, 5.74) is 1.30. The normalized spacial score (nSPS) is 14.2.